The van der Waals surface area contributed by atoms with E-state index in [1.807, 2.05) is 0 Å². The molecule has 0 aliphatic rings. The van der Waals surface area contributed by atoms with Gasteiger partial charge in [-0.2, -0.15) is 9.37 Å². The number of benzene rings is 1. The predicted octanol–water partition coefficient (Wildman–Crippen LogP) is 2.90. The van der Waals surface area contributed by atoms with Crippen LogP contribution < -0.4 is 10.1 Å². The normalized spacial score (nSPS) is 10.2. The number of nitrogens with zero attached hydrogens (tertiary/aromatic N) is 2. The predicted molar refractivity (Wildman–Crippen MR) is 62.7 cm³/mol. The van der Waals surface area contributed by atoms with Gasteiger partial charge in [-0.25, -0.2) is 9.37 Å². The number of halogens is 2. The Morgan fingerprint density at radius 3 is 2.78 bits per heavy atom. The molecule has 0 amide bonds. The molecule has 0 unspecified atom stereocenters. The molecule has 94 valence electrons. The minimum atomic E-state index is -1.04. The van der Waals surface area contributed by atoms with E-state index < -0.39 is 11.6 Å². The van der Waals surface area contributed by atoms with E-state index in [0.29, 0.717) is 11.5 Å². The van der Waals surface area contributed by atoms with Crippen LogP contribution in [0.15, 0.2) is 24.4 Å². The van der Waals surface area contributed by atoms with Gasteiger partial charge in [0.2, 0.25) is 17.6 Å². The van der Waals surface area contributed by atoms with Crippen LogP contribution in [0.2, 0.25) is 0 Å². The van der Waals surface area contributed by atoms with Crippen LogP contribution in [0, 0.1) is 18.6 Å². The molecule has 6 heteroatoms. The van der Waals surface area contributed by atoms with Gasteiger partial charge in [-0.3, -0.25) is 0 Å². The third-order valence-electron chi connectivity index (χ3n) is 2.27. The average Bonchev–Trinajstić information content (AvgIpc) is 2.37. The summed E-state index contributed by atoms with van der Waals surface area (Å²) in [6, 6.07) is 3.72. The van der Waals surface area contributed by atoms with Crippen LogP contribution in [0.4, 0.5) is 14.7 Å². The van der Waals surface area contributed by atoms with Gasteiger partial charge >= 0.3 is 0 Å². The number of hydrogen-bond acceptors (Lipinski definition) is 4. The lowest BCUT2D eigenvalue weighted by atomic mass is 10.3. The fraction of sp³-hybridized carbons (Fsp3) is 0.167. The van der Waals surface area contributed by atoms with Gasteiger partial charge in [0.1, 0.15) is 0 Å². The zero-order valence-electron chi connectivity index (χ0n) is 9.87. The third kappa shape index (κ3) is 2.37. The molecule has 0 aliphatic heterocycles. The van der Waals surface area contributed by atoms with Gasteiger partial charge in [-0.1, -0.05) is 6.07 Å². The van der Waals surface area contributed by atoms with E-state index in [1.165, 1.54) is 18.3 Å². The van der Waals surface area contributed by atoms with Crippen LogP contribution in [0.5, 0.6) is 11.6 Å². The van der Waals surface area contributed by atoms with Crippen molar-refractivity contribution in [1.29, 1.82) is 0 Å². The molecule has 18 heavy (non-hydrogen) atoms. The summed E-state index contributed by atoms with van der Waals surface area (Å²) >= 11 is 0. The van der Waals surface area contributed by atoms with Gasteiger partial charge in [0, 0.05) is 18.8 Å². The Morgan fingerprint density at radius 2 is 2.06 bits per heavy atom. The molecule has 0 spiro atoms. The molecule has 0 saturated carbocycles. The fourth-order valence-electron chi connectivity index (χ4n) is 1.32. The summed E-state index contributed by atoms with van der Waals surface area (Å²) < 4.78 is 31.7. The lowest BCUT2D eigenvalue weighted by Gasteiger charge is -2.09. The van der Waals surface area contributed by atoms with Gasteiger partial charge in [-0.15, -0.1) is 0 Å². The van der Waals surface area contributed by atoms with E-state index in [1.54, 1.807) is 14.0 Å². The second-order valence-corrected chi connectivity index (χ2v) is 3.59. The standard InChI is InChI=1S/C12H11F2N3O/c1-7-6-16-12(15-2)17-11(7)18-9-5-3-4-8(13)10(9)14/h3-6H,1-2H3,(H,15,16,17). The number of ether oxygens (including phenoxy) is 1. The number of aromatic nitrogens is 2. The van der Waals surface area contributed by atoms with Crippen molar-refractivity contribution in [3.63, 3.8) is 0 Å². The summed E-state index contributed by atoms with van der Waals surface area (Å²) in [7, 11) is 1.65. The van der Waals surface area contributed by atoms with Gasteiger partial charge < -0.3 is 10.1 Å². The summed E-state index contributed by atoms with van der Waals surface area (Å²) in [5.74, 6) is -1.69. The molecule has 0 saturated heterocycles. The van der Waals surface area contributed by atoms with E-state index in [4.69, 9.17) is 4.74 Å². The summed E-state index contributed by atoms with van der Waals surface area (Å²) in [5, 5.41) is 2.74. The zero-order valence-corrected chi connectivity index (χ0v) is 9.87. The van der Waals surface area contributed by atoms with Crippen molar-refractivity contribution < 1.29 is 13.5 Å². The summed E-state index contributed by atoms with van der Waals surface area (Å²) in [5.41, 5.74) is 0.623. The van der Waals surface area contributed by atoms with Crippen molar-refractivity contribution >= 4 is 5.95 Å². The van der Waals surface area contributed by atoms with Crippen molar-refractivity contribution in [1.82, 2.24) is 9.97 Å². The molecule has 1 aromatic heterocycles. The number of hydrogen-bond donors (Lipinski definition) is 1. The van der Waals surface area contributed by atoms with E-state index in [-0.39, 0.29) is 11.6 Å². The van der Waals surface area contributed by atoms with Crippen molar-refractivity contribution in [3.8, 4) is 11.6 Å². The number of rotatable bonds is 3. The molecule has 4 nitrogen and oxygen atoms in total. The highest BCUT2D eigenvalue weighted by molar-refractivity contribution is 5.36. The molecular weight excluding hydrogens is 240 g/mol. The van der Waals surface area contributed by atoms with Gasteiger partial charge in [0.15, 0.2) is 11.6 Å². The molecule has 0 bridgehead atoms. The monoisotopic (exact) mass is 251 g/mol. The number of aryl methyl sites for hydroxylation is 1. The fourth-order valence-corrected chi connectivity index (χ4v) is 1.32. The van der Waals surface area contributed by atoms with Gasteiger partial charge in [-0.05, 0) is 19.1 Å². The molecule has 0 radical (unpaired) electrons. The highest BCUT2D eigenvalue weighted by Crippen LogP contribution is 2.26. The average molecular weight is 251 g/mol. The van der Waals surface area contributed by atoms with Crippen molar-refractivity contribution in [3.05, 3.63) is 41.6 Å². The molecular formula is C12H11F2N3O. The van der Waals surface area contributed by atoms with Crippen LogP contribution in [0.25, 0.3) is 0 Å². The zero-order chi connectivity index (χ0) is 13.1. The lowest BCUT2D eigenvalue weighted by molar-refractivity contribution is 0.403. The molecule has 0 atom stereocenters. The smallest absolute Gasteiger partial charge is 0.227 e. The second-order valence-electron chi connectivity index (χ2n) is 3.59. The van der Waals surface area contributed by atoms with E-state index in [9.17, 15) is 8.78 Å². The first-order valence-electron chi connectivity index (χ1n) is 5.25. The third-order valence-corrected chi connectivity index (χ3v) is 2.27. The Kier molecular flexibility index (Phi) is 3.36. The van der Waals surface area contributed by atoms with E-state index >= 15 is 0 Å². The second kappa shape index (κ2) is 4.95. The quantitative estimate of drug-likeness (QED) is 0.911. The van der Waals surface area contributed by atoms with Crippen LogP contribution in [0.3, 0.4) is 0 Å². The van der Waals surface area contributed by atoms with Gasteiger partial charge in [0.05, 0.1) is 0 Å². The molecule has 1 N–H and O–H groups in total. The summed E-state index contributed by atoms with van der Waals surface area (Å²) in [6.45, 7) is 1.71. The first-order valence-corrected chi connectivity index (χ1v) is 5.25. The minimum absolute atomic E-state index is 0.179. The van der Waals surface area contributed by atoms with Crippen LogP contribution in [-0.2, 0) is 0 Å². The van der Waals surface area contributed by atoms with Crippen molar-refractivity contribution in [2.24, 2.45) is 0 Å². The first-order chi connectivity index (χ1) is 8.61. The largest absolute Gasteiger partial charge is 0.435 e. The molecule has 0 aliphatic carbocycles. The molecule has 0 fully saturated rings. The first kappa shape index (κ1) is 12.2. The highest BCUT2D eigenvalue weighted by atomic mass is 19.2. The van der Waals surface area contributed by atoms with Crippen molar-refractivity contribution in [2.75, 3.05) is 12.4 Å². The number of nitrogens with one attached hydrogen (secondary N) is 1. The Hall–Kier alpha value is -2.24. The molecule has 1 aromatic carbocycles. The topological polar surface area (TPSA) is 47.0 Å². The summed E-state index contributed by atoms with van der Waals surface area (Å²) in [6.07, 6.45) is 1.53. The molecule has 1 heterocycles. The summed E-state index contributed by atoms with van der Waals surface area (Å²) in [4.78, 5) is 7.99. The SMILES string of the molecule is CNc1ncc(C)c(Oc2cccc(F)c2F)n1. The lowest BCUT2D eigenvalue weighted by Crippen LogP contribution is -2.01. The van der Waals surface area contributed by atoms with E-state index in [2.05, 4.69) is 15.3 Å². The molecule has 2 rings (SSSR count). The number of anilines is 1. The Balaban J connectivity index is 2.36. The Bertz CT molecular complexity index is 575. The van der Waals surface area contributed by atoms with Crippen LogP contribution in [-0.4, -0.2) is 17.0 Å². The maximum atomic E-state index is 13.4. The van der Waals surface area contributed by atoms with Crippen molar-refractivity contribution in [2.45, 2.75) is 6.92 Å². The highest BCUT2D eigenvalue weighted by Gasteiger charge is 2.12. The van der Waals surface area contributed by atoms with E-state index in [0.717, 1.165) is 6.07 Å². The van der Waals surface area contributed by atoms with Gasteiger partial charge in [0.25, 0.3) is 0 Å². The Morgan fingerprint density at radius 1 is 1.28 bits per heavy atom. The minimum Gasteiger partial charge on any atom is -0.435 e. The maximum Gasteiger partial charge on any atom is 0.227 e. The maximum absolute atomic E-state index is 13.4. The molecule has 2 aromatic rings. The van der Waals surface area contributed by atoms with Crippen LogP contribution in [0.1, 0.15) is 5.56 Å². The Labute approximate surface area is 103 Å². The van der Waals surface area contributed by atoms with Crippen LogP contribution >= 0.6 is 0 Å².